The number of carbonyl (C=O) groups excluding carboxylic acids is 3. The minimum atomic E-state index is -1.30. The molecule has 1 aromatic carbocycles. The van der Waals surface area contributed by atoms with Crippen molar-refractivity contribution in [2.75, 3.05) is 0 Å². The Kier molecular flexibility index (Phi) is 3.91. The number of β-lactam (4-membered cyclic amide) rings is 1. The fraction of sp³-hybridized carbons (Fsp3) is 0.200. The Bertz CT molecular complexity index is 718. The quantitative estimate of drug-likeness (QED) is 0.604. The van der Waals surface area contributed by atoms with E-state index in [-0.39, 0.29) is 5.57 Å². The summed E-state index contributed by atoms with van der Waals surface area (Å²) in [7, 11) is 0. The molecule has 3 rings (SSSR count). The molecule has 0 radical (unpaired) electrons. The van der Waals surface area contributed by atoms with Gasteiger partial charge >= 0.3 is 5.97 Å². The molecule has 2 heterocycles. The van der Waals surface area contributed by atoms with Crippen molar-refractivity contribution in [3.05, 3.63) is 46.9 Å². The lowest BCUT2D eigenvalue weighted by molar-refractivity contribution is -0.159. The summed E-state index contributed by atoms with van der Waals surface area (Å²) in [5.41, 5.74) is 0.443. The molecule has 0 bridgehead atoms. The number of rotatable bonds is 4. The molecule has 0 aliphatic carbocycles. The highest BCUT2D eigenvalue weighted by atomic mass is 32.2. The van der Waals surface area contributed by atoms with Crippen LogP contribution in [0.2, 0.25) is 0 Å². The number of benzene rings is 1. The zero-order valence-electron chi connectivity index (χ0n) is 11.7. The van der Waals surface area contributed by atoms with Crippen LogP contribution in [0, 0.1) is 0 Å². The first-order valence-corrected chi connectivity index (χ1v) is 7.70. The number of hydrogen-bond donors (Lipinski definition) is 2. The van der Waals surface area contributed by atoms with Gasteiger partial charge in [0, 0.05) is 11.1 Å². The highest BCUT2D eigenvalue weighted by molar-refractivity contribution is 8.03. The predicted octanol–water partition coefficient (Wildman–Crippen LogP) is 0.236. The Morgan fingerprint density at radius 1 is 1.26 bits per heavy atom. The maximum atomic E-state index is 12.2. The molecule has 2 unspecified atom stereocenters. The van der Waals surface area contributed by atoms with Gasteiger partial charge in [0.05, 0.1) is 0 Å². The van der Waals surface area contributed by atoms with E-state index in [0.29, 0.717) is 11.8 Å². The van der Waals surface area contributed by atoms with Crippen LogP contribution in [0.3, 0.4) is 0 Å². The molecule has 1 saturated heterocycles. The van der Waals surface area contributed by atoms with Gasteiger partial charge in [0.1, 0.15) is 17.7 Å². The highest BCUT2D eigenvalue weighted by Gasteiger charge is 2.55. The van der Waals surface area contributed by atoms with Gasteiger partial charge in [0.15, 0.2) is 6.04 Å². The first-order valence-electron chi connectivity index (χ1n) is 6.76. The van der Waals surface area contributed by atoms with Crippen LogP contribution >= 0.6 is 11.8 Å². The zero-order chi connectivity index (χ0) is 16.6. The third kappa shape index (κ3) is 2.50. The van der Waals surface area contributed by atoms with Gasteiger partial charge in [0.25, 0.3) is 5.91 Å². The summed E-state index contributed by atoms with van der Waals surface area (Å²) >= 11 is 1.15. The maximum absolute atomic E-state index is 12.2. The van der Waals surface area contributed by atoms with E-state index in [9.17, 15) is 24.3 Å². The molecule has 2 aliphatic heterocycles. The lowest BCUT2D eigenvalue weighted by Crippen LogP contribution is -2.73. The smallest absolute Gasteiger partial charge is 0.331 e. The highest BCUT2D eigenvalue weighted by Crippen LogP contribution is 2.39. The molecule has 1 aromatic rings. The van der Waals surface area contributed by atoms with Crippen molar-refractivity contribution in [1.29, 1.82) is 0 Å². The van der Waals surface area contributed by atoms with Crippen LogP contribution < -0.4 is 5.32 Å². The summed E-state index contributed by atoms with van der Waals surface area (Å²) in [6.45, 7) is 0. The molecule has 8 heteroatoms. The average molecular weight is 332 g/mol. The number of carboxylic acid groups (broad SMARTS) is 1. The Labute approximate surface area is 135 Å². The second kappa shape index (κ2) is 5.88. The first-order chi connectivity index (χ1) is 11.0. The number of carboxylic acids is 1. The van der Waals surface area contributed by atoms with Crippen molar-refractivity contribution >= 4 is 35.8 Å². The number of amides is 2. The van der Waals surface area contributed by atoms with Gasteiger partial charge < -0.3 is 15.3 Å². The molecule has 2 N–H and O–H groups in total. The normalized spacial score (nSPS) is 25.7. The van der Waals surface area contributed by atoms with Crippen LogP contribution in [0.15, 0.2) is 41.3 Å². The summed E-state index contributed by atoms with van der Waals surface area (Å²) in [4.78, 5) is 47.7. The van der Waals surface area contributed by atoms with Gasteiger partial charge in [0.2, 0.25) is 5.91 Å². The molecule has 2 aliphatic rings. The van der Waals surface area contributed by atoms with E-state index < -0.39 is 35.2 Å². The number of aliphatic carboxylic acids is 1. The number of fused-ring (bicyclic) bond motifs is 1. The Morgan fingerprint density at radius 3 is 2.57 bits per heavy atom. The van der Waals surface area contributed by atoms with E-state index in [2.05, 4.69) is 5.32 Å². The summed E-state index contributed by atoms with van der Waals surface area (Å²) < 4.78 is 0. The van der Waals surface area contributed by atoms with Gasteiger partial charge in [-0.05, 0) is 17.5 Å². The zero-order valence-corrected chi connectivity index (χ0v) is 12.5. The second-order valence-electron chi connectivity index (χ2n) is 5.07. The van der Waals surface area contributed by atoms with E-state index in [1.807, 2.05) is 0 Å². The molecule has 3 atom stereocenters. The number of nitrogens with zero attached hydrogens (tertiary/aromatic N) is 1. The van der Waals surface area contributed by atoms with Crippen LogP contribution in [-0.2, 0) is 14.4 Å². The maximum Gasteiger partial charge on any atom is 0.331 e. The van der Waals surface area contributed by atoms with Gasteiger partial charge in [-0.1, -0.05) is 18.2 Å². The Balaban J connectivity index is 1.77. The molecular weight excluding hydrogens is 320 g/mol. The van der Waals surface area contributed by atoms with Crippen LogP contribution in [0.1, 0.15) is 10.4 Å². The predicted molar refractivity (Wildman–Crippen MR) is 81.5 cm³/mol. The SMILES string of the molecule is O=CC1=CS[C@@H]2C(NC(=O)c3ccccc3)C(=O)N2C1C(=O)O. The average Bonchev–Trinajstić information content (AvgIpc) is 2.58. The van der Waals surface area contributed by atoms with Crippen molar-refractivity contribution < 1.29 is 24.3 Å². The lowest BCUT2D eigenvalue weighted by Gasteiger charge is -2.50. The summed E-state index contributed by atoms with van der Waals surface area (Å²) in [6, 6.07) is 6.32. The van der Waals surface area contributed by atoms with Gasteiger partial charge in [-0.2, -0.15) is 0 Å². The summed E-state index contributed by atoms with van der Waals surface area (Å²) in [5.74, 6) is -2.18. The van der Waals surface area contributed by atoms with Crippen LogP contribution in [0.4, 0.5) is 0 Å². The molecule has 0 saturated carbocycles. The number of hydrogen-bond acceptors (Lipinski definition) is 5. The van der Waals surface area contributed by atoms with Crippen molar-refractivity contribution in [3.8, 4) is 0 Å². The number of aldehydes is 1. The fourth-order valence-corrected chi connectivity index (χ4v) is 3.76. The first kappa shape index (κ1) is 15.3. The van der Waals surface area contributed by atoms with Crippen LogP contribution in [0.25, 0.3) is 0 Å². The van der Waals surface area contributed by atoms with E-state index in [4.69, 9.17) is 0 Å². The van der Waals surface area contributed by atoms with Crippen molar-refractivity contribution in [1.82, 2.24) is 10.2 Å². The minimum Gasteiger partial charge on any atom is -0.479 e. The van der Waals surface area contributed by atoms with Crippen molar-refractivity contribution in [3.63, 3.8) is 0 Å². The third-order valence-electron chi connectivity index (χ3n) is 3.71. The van der Waals surface area contributed by atoms with Crippen LogP contribution in [0.5, 0.6) is 0 Å². The molecule has 23 heavy (non-hydrogen) atoms. The Morgan fingerprint density at radius 2 is 1.96 bits per heavy atom. The van der Waals surface area contributed by atoms with E-state index in [1.165, 1.54) is 5.41 Å². The monoisotopic (exact) mass is 332 g/mol. The minimum absolute atomic E-state index is 0.0277. The standard InChI is InChI=1S/C15H12N2O5S/c18-6-9-7-23-14-10(13(20)17(14)11(9)15(21)22)16-12(19)8-4-2-1-3-5-8/h1-7,10-11,14H,(H,16,19)(H,21,22)/t10?,11?,14-/m1/s1. The van der Waals surface area contributed by atoms with Gasteiger partial charge in [-0.25, -0.2) is 4.79 Å². The fourth-order valence-electron chi connectivity index (χ4n) is 2.58. The largest absolute Gasteiger partial charge is 0.479 e. The molecule has 7 nitrogen and oxygen atoms in total. The number of carbonyl (C=O) groups is 4. The topological polar surface area (TPSA) is 104 Å². The molecule has 0 aromatic heterocycles. The van der Waals surface area contributed by atoms with Crippen molar-refractivity contribution in [2.24, 2.45) is 0 Å². The molecule has 118 valence electrons. The van der Waals surface area contributed by atoms with E-state index >= 15 is 0 Å². The molecular formula is C15H12N2O5S. The molecule has 2 amide bonds. The summed E-state index contributed by atoms with van der Waals surface area (Å²) in [6.07, 6.45) is 0.436. The number of nitrogens with one attached hydrogen (secondary N) is 1. The van der Waals surface area contributed by atoms with E-state index in [1.54, 1.807) is 30.3 Å². The third-order valence-corrected chi connectivity index (χ3v) is 4.90. The molecule has 0 spiro atoms. The second-order valence-corrected chi connectivity index (χ2v) is 6.06. The van der Waals surface area contributed by atoms with Crippen LogP contribution in [-0.4, -0.2) is 51.5 Å². The van der Waals surface area contributed by atoms with Gasteiger partial charge in [-0.15, -0.1) is 11.8 Å². The van der Waals surface area contributed by atoms with Gasteiger partial charge in [-0.3, -0.25) is 14.4 Å². The Hall–Kier alpha value is -2.61. The lowest BCUT2D eigenvalue weighted by atomic mass is 9.98. The number of thioether (sulfide) groups is 1. The van der Waals surface area contributed by atoms with E-state index in [0.717, 1.165) is 16.7 Å². The summed E-state index contributed by atoms with van der Waals surface area (Å²) in [5, 5.41) is 12.8. The van der Waals surface area contributed by atoms with Crippen molar-refractivity contribution in [2.45, 2.75) is 17.5 Å². The molecule has 1 fully saturated rings.